The van der Waals surface area contributed by atoms with E-state index in [4.69, 9.17) is 5.11 Å². The first kappa shape index (κ1) is 16.3. The van der Waals surface area contributed by atoms with Gasteiger partial charge >= 0.3 is 5.97 Å². The smallest absolute Gasteiger partial charge is 0.322 e. The molecule has 0 saturated carbocycles. The lowest BCUT2D eigenvalue weighted by molar-refractivity contribution is -0.138. The molecule has 0 saturated heterocycles. The normalized spacial score (nSPS) is 12.2. The van der Waals surface area contributed by atoms with E-state index >= 15 is 0 Å². The highest BCUT2D eigenvalue weighted by Gasteiger charge is 2.26. The Morgan fingerprint density at radius 3 is 2.56 bits per heavy atom. The molecule has 1 unspecified atom stereocenters. The zero-order chi connectivity index (χ0) is 14.2. The number of aliphatic imine (C=N–C) groups is 2. The summed E-state index contributed by atoms with van der Waals surface area (Å²) in [5.74, 6) is -1.58. The van der Waals surface area contributed by atoms with Gasteiger partial charge in [0, 0.05) is 6.54 Å². The lowest BCUT2D eigenvalue weighted by atomic mass is 10.1. The third-order valence-electron chi connectivity index (χ3n) is 2.06. The fourth-order valence-corrected chi connectivity index (χ4v) is 1.02. The van der Waals surface area contributed by atoms with Crippen molar-refractivity contribution < 1.29 is 14.7 Å². The Hall–Kier alpha value is -1.72. The van der Waals surface area contributed by atoms with Crippen molar-refractivity contribution in [1.82, 2.24) is 10.6 Å². The Morgan fingerprint density at radius 2 is 2.06 bits per heavy atom. The molecule has 0 aromatic rings. The second kappa shape index (κ2) is 7.58. The molecular formula is C11H20N4O3. The van der Waals surface area contributed by atoms with E-state index in [2.05, 4.69) is 26.6 Å². The average Bonchev–Trinajstić information content (AvgIpc) is 2.25. The molecule has 7 heteroatoms. The van der Waals surface area contributed by atoms with Crippen molar-refractivity contribution in [3.05, 3.63) is 0 Å². The van der Waals surface area contributed by atoms with Crippen LogP contribution in [0.15, 0.2) is 9.98 Å². The van der Waals surface area contributed by atoms with Crippen LogP contribution in [-0.2, 0) is 9.59 Å². The number of hydrogen-bond acceptors (Lipinski definition) is 5. The molecule has 0 heterocycles. The Morgan fingerprint density at radius 1 is 1.44 bits per heavy atom. The highest BCUT2D eigenvalue weighted by molar-refractivity contribution is 5.88. The summed E-state index contributed by atoms with van der Waals surface area (Å²) in [6, 6.07) is 2.49. The van der Waals surface area contributed by atoms with Gasteiger partial charge in [0.25, 0.3) is 0 Å². The highest BCUT2D eigenvalue weighted by atomic mass is 16.4. The number of carbonyl (C=O) groups excluding carboxylic acids is 1. The van der Waals surface area contributed by atoms with Gasteiger partial charge in [0.05, 0.1) is 12.1 Å². The summed E-state index contributed by atoms with van der Waals surface area (Å²) in [5.41, 5.74) is -1.09. The molecule has 0 rings (SSSR count). The highest BCUT2D eigenvalue weighted by Crippen LogP contribution is 2.07. The van der Waals surface area contributed by atoms with Crippen molar-refractivity contribution in [2.75, 3.05) is 20.1 Å². The number of nitrogens with one attached hydrogen (secondary N) is 2. The monoisotopic (exact) mass is 256 g/mol. The summed E-state index contributed by atoms with van der Waals surface area (Å²) >= 11 is 0. The van der Waals surface area contributed by atoms with E-state index in [-0.39, 0.29) is 6.04 Å². The molecule has 1 atom stereocenters. The molecule has 0 aromatic carbocycles. The van der Waals surface area contributed by atoms with E-state index in [1.807, 2.05) is 14.0 Å². The third-order valence-corrected chi connectivity index (χ3v) is 2.06. The zero-order valence-electron chi connectivity index (χ0n) is 11.1. The lowest BCUT2D eigenvalue weighted by Crippen LogP contribution is -2.42. The maximum atomic E-state index is 11.6. The van der Waals surface area contributed by atoms with Crippen LogP contribution in [0.5, 0.6) is 0 Å². The van der Waals surface area contributed by atoms with Gasteiger partial charge in [0.2, 0.25) is 5.91 Å². The SMILES string of the molecule is CNCC(C)N=C=NC(C)(C)C(=O)NCC(=O)O. The van der Waals surface area contributed by atoms with Crippen LogP contribution in [0.3, 0.4) is 0 Å². The van der Waals surface area contributed by atoms with E-state index in [0.717, 1.165) is 0 Å². The van der Waals surface area contributed by atoms with Crippen LogP contribution in [0.25, 0.3) is 0 Å². The molecule has 0 spiro atoms. The Labute approximate surface area is 106 Å². The molecule has 0 bridgehead atoms. The molecule has 0 aliphatic rings. The maximum Gasteiger partial charge on any atom is 0.322 e. The molecule has 1 amide bonds. The van der Waals surface area contributed by atoms with Crippen LogP contribution >= 0.6 is 0 Å². The second-order valence-electron chi connectivity index (χ2n) is 4.38. The van der Waals surface area contributed by atoms with Gasteiger partial charge < -0.3 is 15.7 Å². The fraction of sp³-hybridized carbons (Fsp3) is 0.727. The minimum atomic E-state index is -1.10. The van der Waals surface area contributed by atoms with Crippen molar-refractivity contribution >= 4 is 17.9 Å². The first-order valence-electron chi connectivity index (χ1n) is 5.61. The largest absolute Gasteiger partial charge is 0.480 e. The summed E-state index contributed by atoms with van der Waals surface area (Å²) in [4.78, 5) is 29.8. The summed E-state index contributed by atoms with van der Waals surface area (Å²) in [6.07, 6.45) is 0. The van der Waals surface area contributed by atoms with E-state index in [9.17, 15) is 9.59 Å². The van der Waals surface area contributed by atoms with Crippen molar-refractivity contribution in [3.8, 4) is 0 Å². The first-order chi connectivity index (χ1) is 8.29. The van der Waals surface area contributed by atoms with E-state index in [0.29, 0.717) is 6.54 Å². The third kappa shape index (κ3) is 6.78. The quantitative estimate of drug-likeness (QED) is 0.546. The topological polar surface area (TPSA) is 103 Å². The molecule has 7 nitrogen and oxygen atoms in total. The number of rotatable bonds is 7. The zero-order valence-corrected chi connectivity index (χ0v) is 11.1. The van der Waals surface area contributed by atoms with Crippen molar-refractivity contribution in [3.63, 3.8) is 0 Å². The van der Waals surface area contributed by atoms with Crippen LogP contribution in [0.2, 0.25) is 0 Å². The number of nitrogens with zero attached hydrogens (tertiary/aromatic N) is 2. The van der Waals surface area contributed by atoms with Gasteiger partial charge in [0.15, 0.2) is 0 Å². The summed E-state index contributed by atoms with van der Waals surface area (Å²) < 4.78 is 0. The molecule has 18 heavy (non-hydrogen) atoms. The summed E-state index contributed by atoms with van der Waals surface area (Å²) in [6.45, 7) is 5.28. The maximum absolute atomic E-state index is 11.6. The number of carboxylic acids is 1. The molecule has 0 aromatic heterocycles. The van der Waals surface area contributed by atoms with Crippen LogP contribution in [0.4, 0.5) is 0 Å². The Kier molecular flexibility index (Phi) is 6.85. The Bertz CT molecular complexity index is 359. The lowest BCUT2D eigenvalue weighted by Gasteiger charge is -2.16. The number of hydrogen-bond donors (Lipinski definition) is 3. The molecule has 102 valence electrons. The minimum Gasteiger partial charge on any atom is -0.480 e. The van der Waals surface area contributed by atoms with Gasteiger partial charge in [-0.1, -0.05) is 0 Å². The summed E-state index contributed by atoms with van der Waals surface area (Å²) in [5, 5.41) is 13.7. The Balaban J connectivity index is 4.48. The van der Waals surface area contributed by atoms with Crippen LogP contribution in [0, 0.1) is 0 Å². The van der Waals surface area contributed by atoms with Crippen molar-refractivity contribution in [2.24, 2.45) is 9.98 Å². The fourth-order valence-electron chi connectivity index (χ4n) is 1.02. The van der Waals surface area contributed by atoms with E-state index in [1.165, 1.54) is 0 Å². The van der Waals surface area contributed by atoms with Gasteiger partial charge in [-0.15, -0.1) is 0 Å². The standard InChI is InChI=1S/C11H20N4O3/c1-8(5-12-4)14-7-15-11(2,3)10(18)13-6-9(16)17/h8,12H,5-6H2,1-4H3,(H,13,18)(H,16,17). The average molecular weight is 256 g/mol. The van der Waals surface area contributed by atoms with Crippen molar-refractivity contribution in [1.29, 1.82) is 0 Å². The molecule has 0 aliphatic heterocycles. The van der Waals surface area contributed by atoms with Gasteiger partial charge in [0.1, 0.15) is 12.1 Å². The number of likely N-dealkylation sites (N-methyl/N-ethyl adjacent to an activating group) is 1. The molecule has 3 N–H and O–H groups in total. The van der Waals surface area contributed by atoms with Crippen LogP contribution < -0.4 is 10.6 Å². The predicted molar refractivity (Wildman–Crippen MR) is 68.0 cm³/mol. The minimum absolute atomic E-state index is 0.0108. The number of aliphatic carboxylic acids is 1. The molecule has 0 fully saturated rings. The molecule has 0 radical (unpaired) electrons. The first-order valence-corrected chi connectivity index (χ1v) is 5.61. The molecular weight excluding hydrogens is 236 g/mol. The van der Waals surface area contributed by atoms with Crippen molar-refractivity contribution in [2.45, 2.75) is 32.4 Å². The predicted octanol–water partition coefficient (Wildman–Crippen LogP) is -0.252. The number of carbonyl (C=O) groups is 2. The van der Waals surface area contributed by atoms with E-state index in [1.54, 1.807) is 13.8 Å². The second-order valence-corrected chi connectivity index (χ2v) is 4.38. The van der Waals surface area contributed by atoms with Gasteiger partial charge in [-0.25, -0.2) is 9.98 Å². The number of carboxylic acid groups (broad SMARTS) is 1. The van der Waals surface area contributed by atoms with Gasteiger partial charge in [-0.05, 0) is 27.8 Å². The van der Waals surface area contributed by atoms with Gasteiger partial charge in [-0.2, -0.15) is 0 Å². The number of amides is 1. The van der Waals surface area contributed by atoms with Crippen LogP contribution in [-0.4, -0.2) is 54.7 Å². The van der Waals surface area contributed by atoms with E-state index < -0.39 is 24.0 Å². The van der Waals surface area contributed by atoms with Gasteiger partial charge in [-0.3, -0.25) is 9.59 Å². The van der Waals surface area contributed by atoms with Crippen LogP contribution in [0.1, 0.15) is 20.8 Å². The summed E-state index contributed by atoms with van der Waals surface area (Å²) in [7, 11) is 1.81. The molecule has 0 aliphatic carbocycles.